The number of rotatable bonds is 7. The zero-order valence-corrected chi connectivity index (χ0v) is 19.1. The number of aryl methyl sites for hydroxylation is 1. The molecule has 35 heavy (non-hydrogen) atoms. The molecule has 5 rings (SSSR count). The summed E-state index contributed by atoms with van der Waals surface area (Å²) in [5.74, 6) is -1.12. The number of fused-ring (bicyclic) bond motifs is 2. The Morgan fingerprint density at radius 2 is 1.57 bits per heavy atom. The second-order valence-corrected chi connectivity index (χ2v) is 8.23. The molecule has 3 aromatic carbocycles. The monoisotopic (exact) mass is 465 g/mol. The van der Waals surface area contributed by atoms with Gasteiger partial charge in [-0.3, -0.25) is 9.59 Å². The highest BCUT2D eigenvalue weighted by molar-refractivity contribution is 6.11. The molecule has 0 aliphatic heterocycles. The number of nitrogens with zero attached hydrogens (tertiary/aromatic N) is 2. The Balaban J connectivity index is 1.59. The number of carbonyl (C=O) groups excluding carboxylic acids is 2. The lowest BCUT2D eigenvalue weighted by atomic mass is 9.99. The zero-order chi connectivity index (χ0) is 24.4. The smallest absolute Gasteiger partial charge is 0.360 e. The summed E-state index contributed by atoms with van der Waals surface area (Å²) in [6, 6.07) is 23.1. The van der Waals surface area contributed by atoms with Gasteiger partial charge in [-0.25, -0.2) is 9.48 Å². The zero-order valence-electron chi connectivity index (χ0n) is 19.1. The van der Waals surface area contributed by atoms with E-state index >= 15 is 0 Å². The van der Waals surface area contributed by atoms with Crippen LogP contribution in [0.5, 0.6) is 0 Å². The van der Waals surface area contributed by atoms with Gasteiger partial charge in [-0.1, -0.05) is 73.7 Å². The minimum absolute atomic E-state index is 0.00121. The average Bonchev–Trinajstić information content (AvgIpc) is 3.33. The minimum atomic E-state index is -1.19. The lowest BCUT2D eigenvalue weighted by molar-refractivity contribution is 0.0274. The Labute approximate surface area is 201 Å². The number of hydrogen-bond donors (Lipinski definition) is 1. The Morgan fingerprint density at radius 3 is 2.31 bits per heavy atom. The van der Waals surface area contributed by atoms with E-state index in [9.17, 15) is 14.4 Å². The normalized spacial score (nSPS) is 12.0. The van der Waals surface area contributed by atoms with Gasteiger partial charge in [-0.05, 0) is 18.6 Å². The third-order valence-corrected chi connectivity index (χ3v) is 5.92. The van der Waals surface area contributed by atoms with E-state index in [1.54, 1.807) is 54.7 Å². The topological polar surface area (TPSA) is 94.1 Å². The first kappa shape index (κ1) is 22.3. The van der Waals surface area contributed by atoms with Crippen LogP contribution in [-0.2, 0) is 11.3 Å². The van der Waals surface area contributed by atoms with Crippen LogP contribution in [0.25, 0.3) is 21.7 Å². The first-order valence-electron chi connectivity index (χ1n) is 11.4. The molecule has 0 amide bonds. The van der Waals surface area contributed by atoms with E-state index in [4.69, 9.17) is 4.74 Å². The third kappa shape index (κ3) is 4.12. The number of H-pyrrole nitrogens is 1. The van der Waals surface area contributed by atoms with Gasteiger partial charge in [-0.15, -0.1) is 0 Å². The molecule has 2 aromatic heterocycles. The molecule has 0 radical (unpaired) electrons. The lowest BCUT2D eigenvalue weighted by Crippen LogP contribution is -2.28. The predicted octanol–water partition coefficient (Wildman–Crippen LogP) is 5.07. The summed E-state index contributed by atoms with van der Waals surface area (Å²) in [4.78, 5) is 43.1. The predicted molar refractivity (Wildman–Crippen MR) is 134 cm³/mol. The van der Waals surface area contributed by atoms with Crippen LogP contribution in [-0.4, -0.2) is 26.5 Å². The molecule has 0 aliphatic carbocycles. The third-order valence-electron chi connectivity index (χ3n) is 5.92. The summed E-state index contributed by atoms with van der Waals surface area (Å²) >= 11 is 0. The van der Waals surface area contributed by atoms with Crippen molar-refractivity contribution in [2.45, 2.75) is 26.0 Å². The average molecular weight is 466 g/mol. The van der Waals surface area contributed by atoms with Crippen LogP contribution in [0.1, 0.15) is 45.9 Å². The molecular weight excluding hydrogens is 442 g/mol. The van der Waals surface area contributed by atoms with Crippen molar-refractivity contribution in [3.05, 3.63) is 112 Å². The quantitative estimate of drug-likeness (QED) is 0.268. The number of ketones is 1. The molecule has 7 heteroatoms. The Bertz CT molecular complexity index is 1600. The Hall–Kier alpha value is -4.52. The van der Waals surface area contributed by atoms with E-state index in [1.165, 1.54) is 4.68 Å². The summed E-state index contributed by atoms with van der Waals surface area (Å²) < 4.78 is 7.13. The molecule has 0 bridgehead atoms. The van der Waals surface area contributed by atoms with E-state index < -0.39 is 12.1 Å². The highest BCUT2D eigenvalue weighted by atomic mass is 16.5. The molecule has 0 saturated heterocycles. The SMILES string of the molecule is CCCn1nc(C(=O)OC(C(=O)c2c[nH]c3ccccc23)c2ccccc2)c2ccccc2c1=O. The molecule has 5 aromatic rings. The van der Waals surface area contributed by atoms with E-state index in [0.717, 1.165) is 10.9 Å². The van der Waals surface area contributed by atoms with Crippen molar-refractivity contribution in [1.82, 2.24) is 14.8 Å². The van der Waals surface area contributed by atoms with Crippen LogP contribution in [0.15, 0.2) is 89.9 Å². The first-order valence-corrected chi connectivity index (χ1v) is 11.4. The maximum atomic E-state index is 13.7. The van der Waals surface area contributed by atoms with Crippen molar-refractivity contribution in [2.75, 3.05) is 0 Å². The number of aromatic amines is 1. The fraction of sp³-hybridized carbons (Fsp3) is 0.143. The van der Waals surface area contributed by atoms with Crippen LogP contribution < -0.4 is 5.56 Å². The van der Waals surface area contributed by atoms with Crippen LogP contribution in [0.3, 0.4) is 0 Å². The van der Waals surface area contributed by atoms with E-state index in [0.29, 0.717) is 34.9 Å². The highest BCUT2D eigenvalue weighted by Gasteiger charge is 2.30. The number of carbonyl (C=O) groups is 2. The van der Waals surface area contributed by atoms with E-state index in [1.807, 2.05) is 37.3 Å². The van der Waals surface area contributed by atoms with Crippen molar-refractivity contribution >= 4 is 33.4 Å². The molecule has 1 atom stereocenters. The van der Waals surface area contributed by atoms with Gasteiger partial charge in [-0.2, -0.15) is 5.10 Å². The number of esters is 1. The number of aromatic nitrogens is 3. The number of Topliss-reactive ketones (excluding diaryl/α,β-unsaturated/α-hetero) is 1. The van der Waals surface area contributed by atoms with E-state index in [-0.39, 0.29) is 17.0 Å². The molecular formula is C28H23N3O4. The number of ether oxygens (including phenoxy) is 1. The molecule has 0 saturated carbocycles. The van der Waals surface area contributed by atoms with Crippen molar-refractivity contribution in [3.63, 3.8) is 0 Å². The number of benzene rings is 3. The highest BCUT2D eigenvalue weighted by Crippen LogP contribution is 2.28. The fourth-order valence-electron chi connectivity index (χ4n) is 4.23. The van der Waals surface area contributed by atoms with Gasteiger partial charge >= 0.3 is 5.97 Å². The molecule has 0 aliphatic rings. The van der Waals surface area contributed by atoms with Gasteiger partial charge in [0.25, 0.3) is 5.56 Å². The number of para-hydroxylation sites is 1. The standard InChI is InChI=1S/C28H23N3O4/c1-2-16-31-27(33)21-14-7-6-13-20(21)24(30-31)28(34)35-26(18-10-4-3-5-11-18)25(32)22-17-29-23-15-9-8-12-19(22)23/h3-15,17,26,29H,2,16H2,1H3. The maximum Gasteiger partial charge on any atom is 0.360 e. The molecule has 0 fully saturated rings. The lowest BCUT2D eigenvalue weighted by Gasteiger charge is -2.18. The molecule has 1 unspecified atom stereocenters. The van der Waals surface area contributed by atoms with Crippen molar-refractivity contribution in [3.8, 4) is 0 Å². The molecule has 7 nitrogen and oxygen atoms in total. The fourth-order valence-corrected chi connectivity index (χ4v) is 4.23. The van der Waals surface area contributed by atoms with Gasteiger partial charge in [0.1, 0.15) is 0 Å². The largest absolute Gasteiger partial charge is 0.444 e. The second kappa shape index (κ2) is 9.38. The Kier molecular flexibility index (Phi) is 5.97. The van der Waals surface area contributed by atoms with Crippen molar-refractivity contribution in [2.24, 2.45) is 0 Å². The van der Waals surface area contributed by atoms with Crippen LogP contribution >= 0.6 is 0 Å². The molecule has 1 N–H and O–H groups in total. The van der Waals surface area contributed by atoms with Gasteiger partial charge in [0.2, 0.25) is 5.78 Å². The molecule has 174 valence electrons. The maximum absolute atomic E-state index is 13.7. The summed E-state index contributed by atoms with van der Waals surface area (Å²) in [6.45, 7) is 2.28. The molecule has 0 spiro atoms. The molecule has 2 heterocycles. The first-order chi connectivity index (χ1) is 17.1. The van der Waals surface area contributed by atoms with Gasteiger partial charge < -0.3 is 9.72 Å². The van der Waals surface area contributed by atoms with Crippen molar-refractivity contribution in [1.29, 1.82) is 0 Å². The van der Waals surface area contributed by atoms with Gasteiger partial charge in [0.15, 0.2) is 11.8 Å². The van der Waals surface area contributed by atoms with Gasteiger partial charge in [0.05, 0.1) is 5.39 Å². The second-order valence-electron chi connectivity index (χ2n) is 8.23. The van der Waals surface area contributed by atoms with Crippen molar-refractivity contribution < 1.29 is 14.3 Å². The summed E-state index contributed by atoms with van der Waals surface area (Å²) in [7, 11) is 0. The van der Waals surface area contributed by atoms with E-state index in [2.05, 4.69) is 10.1 Å². The van der Waals surface area contributed by atoms with Crippen LogP contribution in [0.2, 0.25) is 0 Å². The summed E-state index contributed by atoms with van der Waals surface area (Å²) in [5.41, 5.74) is 1.52. The Morgan fingerprint density at radius 1 is 0.914 bits per heavy atom. The number of nitrogens with one attached hydrogen (secondary N) is 1. The number of hydrogen-bond acceptors (Lipinski definition) is 5. The van der Waals surface area contributed by atoms with Gasteiger partial charge in [0, 0.05) is 40.2 Å². The minimum Gasteiger partial charge on any atom is -0.444 e. The summed E-state index contributed by atoms with van der Waals surface area (Å²) in [5, 5.41) is 5.83. The van der Waals surface area contributed by atoms with Crippen LogP contribution in [0.4, 0.5) is 0 Å². The summed E-state index contributed by atoms with van der Waals surface area (Å²) in [6.07, 6.45) is 1.12. The van der Waals surface area contributed by atoms with Crippen LogP contribution in [0, 0.1) is 0 Å².